The summed E-state index contributed by atoms with van der Waals surface area (Å²) >= 11 is 3.31. The van der Waals surface area contributed by atoms with E-state index >= 15 is 0 Å². The number of carbonyl (C=O) groups is 1. The molecule has 2 fully saturated rings. The summed E-state index contributed by atoms with van der Waals surface area (Å²) in [6.07, 6.45) is 4.61. The molecule has 0 spiro atoms. The van der Waals surface area contributed by atoms with Gasteiger partial charge in [0.1, 0.15) is 0 Å². The lowest BCUT2D eigenvalue weighted by atomic mass is 10.1. The number of hydrogen-bond acceptors (Lipinski definition) is 3. The molecule has 0 bridgehead atoms. The van der Waals surface area contributed by atoms with E-state index < -0.39 is 0 Å². The molecule has 3 rings (SSSR count). The number of amides is 1. The van der Waals surface area contributed by atoms with Crippen molar-refractivity contribution in [3.63, 3.8) is 0 Å². The first-order valence-corrected chi connectivity index (χ1v) is 7.55. The first kappa shape index (κ1) is 12.9. The number of fused-ring (bicyclic) bond motifs is 1. The third kappa shape index (κ3) is 3.44. The van der Waals surface area contributed by atoms with Gasteiger partial charge in [-0.15, -0.1) is 0 Å². The zero-order valence-electron chi connectivity index (χ0n) is 10.0. The largest absolute Gasteiger partial charge is 0.374 e. The predicted octanol–water partition coefficient (Wildman–Crippen LogP) is 1.31. The highest BCUT2D eigenvalue weighted by Crippen LogP contribution is 2.19. The highest BCUT2D eigenvalue weighted by molar-refractivity contribution is 9.09. The van der Waals surface area contributed by atoms with Crippen molar-refractivity contribution in [1.29, 1.82) is 0 Å². The average Bonchev–Trinajstić information content (AvgIpc) is 2.96. The molecule has 96 valence electrons. The monoisotopic (exact) mass is 301 g/mol. The third-order valence-corrected chi connectivity index (χ3v) is 4.02. The van der Waals surface area contributed by atoms with Crippen LogP contribution in [0.3, 0.4) is 0 Å². The van der Waals surface area contributed by atoms with E-state index in [-0.39, 0.29) is 11.8 Å². The van der Waals surface area contributed by atoms with E-state index in [1.54, 1.807) is 0 Å². The van der Waals surface area contributed by atoms with Crippen LogP contribution in [0.4, 0.5) is 0 Å². The van der Waals surface area contributed by atoms with Crippen molar-refractivity contribution in [2.24, 2.45) is 16.8 Å². The summed E-state index contributed by atoms with van der Waals surface area (Å²) in [4.78, 5) is 15.1. The van der Waals surface area contributed by atoms with Crippen LogP contribution in [0.1, 0.15) is 25.7 Å². The molecular formula is C12H20BrN3O. The fraction of sp³-hybridized carbons (Fsp3) is 0.833. The molecule has 2 saturated heterocycles. The molecule has 0 aromatic carbocycles. The second kappa shape index (κ2) is 6.38. The van der Waals surface area contributed by atoms with Gasteiger partial charge in [0.15, 0.2) is 0 Å². The van der Waals surface area contributed by atoms with Crippen LogP contribution in [0.25, 0.3) is 0 Å². The Morgan fingerprint density at radius 3 is 2.71 bits per heavy atom. The molecule has 0 aromatic heterocycles. The number of carbonyl (C=O) groups excluding carboxylic acids is 1. The van der Waals surface area contributed by atoms with Crippen LogP contribution in [0, 0.1) is 11.8 Å². The number of rotatable bonds is 2. The van der Waals surface area contributed by atoms with E-state index in [0.29, 0.717) is 0 Å². The molecule has 2 unspecified atom stereocenters. The lowest BCUT2D eigenvalue weighted by Gasteiger charge is -2.00. The zero-order valence-corrected chi connectivity index (χ0v) is 11.6. The van der Waals surface area contributed by atoms with E-state index in [1.807, 2.05) is 0 Å². The quantitative estimate of drug-likeness (QED) is 0.756. The van der Waals surface area contributed by atoms with Crippen LogP contribution in [-0.4, -0.2) is 36.7 Å². The maximum absolute atomic E-state index is 10.8. The summed E-state index contributed by atoms with van der Waals surface area (Å²) in [5.41, 5.74) is 0. The smallest absolute Gasteiger partial charge is 0.223 e. The van der Waals surface area contributed by atoms with Crippen LogP contribution in [0.5, 0.6) is 0 Å². The van der Waals surface area contributed by atoms with Gasteiger partial charge in [0.05, 0.1) is 5.84 Å². The van der Waals surface area contributed by atoms with Crippen LogP contribution < -0.4 is 10.6 Å². The Labute approximate surface area is 111 Å². The highest BCUT2D eigenvalue weighted by Gasteiger charge is 2.25. The molecule has 0 aliphatic carbocycles. The van der Waals surface area contributed by atoms with Gasteiger partial charge in [-0.2, -0.15) is 0 Å². The minimum atomic E-state index is 0.231. The lowest BCUT2D eigenvalue weighted by molar-refractivity contribution is -0.122. The maximum atomic E-state index is 10.8. The molecular weight excluding hydrogens is 282 g/mol. The molecule has 4 nitrogen and oxygen atoms in total. The Morgan fingerprint density at radius 1 is 1.24 bits per heavy atom. The van der Waals surface area contributed by atoms with Crippen molar-refractivity contribution in [3.05, 3.63) is 0 Å². The van der Waals surface area contributed by atoms with Crippen LogP contribution in [0.2, 0.25) is 0 Å². The van der Waals surface area contributed by atoms with Gasteiger partial charge in [-0.25, -0.2) is 0 Å². The Morgan fingerprint density at radius 2 is 2.06 bits per heavy atom. The number of halogens is 1. The minimum Gasteiger partial charge on any atom is -0.374 e. The highest BCUT2D eigenvalue weighted by atomic mass is 79.9. The summed E-state index contributed by atoms with van der Waals surface area (Å²) in [6, 6.07) is 0. The SMILES string of the molecule is C1CC2CCNC2=N1.O=C1NCCC1CCBr. The second-order valence-corrected chi connectivity index (χ2v) is 5.52. The van der Waals surface area contributed by atoms with Gasteiger partial charge in [0, 0.05) is 36.8 Å². The zero-order chi connectivity index (χ0) is 12.1. The summed E-state index contributed by atoms with van der Waals surface area (Å²) < 4.78 is 0. The Bertz CT molecular complexity index is 306. The predicted molar refractivity (Wildman–Crippen MR) is 72.6 cm³/mol. The van der Waals surface area contributed by atoms with Gasteiger partial charge < -0.3 is 10.6 Å². The molecule has 3 aliphatic heterocycles. The molecule has 0 saturated carbocycles. The summed E-state index contributed by atoms with van der Waals surface area (Å²) in [5, 5.41) is 7.00. The van der Waals surface area contributed by atoms with E-state index in [0.717, 1.165) is 43.7 Å². The van der Waals surface area contributed by atoms with E-state index in [1.165, 1.54) is 18.7 Å². The van der Waals surface area contributed by atoms with Gasteiger partial charge in [0.25, 0.3) is 0 Å². The molecule has 1 amide bonds. The van der Waals surface area contributed by atoms with Gasteiger partial charge in [-0.3, -0.25) is 9.79 Å². The number of amidine groups is 1. The lowest BCUT2D eigenvalue weighted by Crippen LogP contribution is -2.19. The Balaban J connectivity index is 0.000000127. The molecule has 5 heteroatoms. The maximum Gasteiger partial charge on any atom is 0.223 e. The van der Waals surface area contributed by atoms with Gasteiger partial charge >= 0.3 is 0 Å². The molecule has 0 aromatic rings. The molecule has 17 heavy (non-hydrogen) atoms. The minimum absolute atomic E-state index is 0.231. The van der Waals surface area contributed by atoms with Crippen molar-refractivity contribution < 1.29 is 4.79 Å². The van der Waals surface area contributed by atoms with Crippen LogP contribution >= 0.6 is 15.9 Å². The fourth-order valence-corrected chi connectivity index (χ4v) is 3.07. The topological polar surface area (TPSA) is 53.5 Å². The Kier molecular flexibility index (Phi) is 4.83. The first-order valence-electron chi connectivity index (χ1n) is 6.43. The number of nitrogens with zero attached hydrogens (tertiary/aromatic N) is 1. The van der Waals surface area contributed by atoms with E-state index in [9.17, 15) is 4.79 Å². The average molecular weight is 302 g/mol. The summed E-state index contributed by atoms with van der Waals surface area (Å²) in [6.45, 7) is 3.09. The van der Waals surface area contributed by atoms with Crippen molar-refractivity contribution >= 4 is 27.7 Å². The van der Waals surface area contributed by atoms with Crippen molar-refractivity contribution in [1.82, 2.24) is 10.6 Å². The van der Waals surface area contributed by atoms with Gasteiger partial charge in [0.2, 0.25) is 5.91 Å². The Hall–Kier alpha value is -0.580. The normalized spacial score (nSPS) is 29.9. The third-order valence-electron chi connectivity index (χ3n) is 3.57. The molecule has 2 atom stereocenters. The van der Waals surface area contributed by atoms with Crippen molar-refractivity contribution in [3.8, 4) is 0 Å². The summed E-state index contributed by atoms with van der Waals surface area (Å²) in [5.74, 6) is 2.61. The molecule has 2 N–H and O–H groups in total. The molecule has 3 heterocycles. The van der Waals surface area contributed by atoms with Crippen LogP contribution in [-0.2, 0) is 4.79 Å². The number of alkyl halides is 1. The van der Waals surface area contributed by atoms with Crippen molar-refractivity contribution in [2.75, 3.05) is 25.0 Å². The summed E-state index contributed by atoms with van der Waals surface area (Å²) in [7, 11) is 0. The van der Waals surface area contributed by atoms with Crippen LogP contribution in [0.15, 0.2) is 4.99 Å². The van der Waals surface area contributed by atoms with Gasteiger partial charge in [-0.1, -0.05) is 15.9 Å². The molecule has 0 radical (unpaired) electrons. The number of nitrogens with one attached hydrogen (secondary N) is 2. The first-order chi connectivity index (χ1) is 8.31. The number of hydrogen-bond donors (Lipinski definition) is 2. The standard InChI is InChI=1S/C6H10BrNO.C6H10N2/c7-3-1-5-2-4-8-6(5)9;1-3-7-6-5(1)2-4-8-6/h5H,1-4H2,(H,8,9);5H,1-4H2,(H,7,8). The van der Waals surface area contributed by atoms with E-state index in [4.69, 9.17) is 0 Å². The second-order valence-electron chi connectivity index (χ2n) is 4.72. The number of aliphatic imine (C=N–C) groups is 1. The van der Waals surface area contributed by atoms with Crippen molar-refractivity contribution in [2.45, 2.75) is 25.7 Å². The van der Waals surface area contributed by atoms with Gasteiger partial charge in [-0.05, 0) is 25.7 Å². The molecule has 3 aliphatic rings. The van der Waals surface area contributed by atoms with E-state index in [2.05, 4.69) is 31.6 Å². The fourth-order valence-electron chi connectivity index (χ4n) is 2.51.